The lowest BCUT2D eigenvalue weighted by atomic mass is 10.1. The van der Waals surface area contributed by atoms with Crippen molar-refractivity contribution in [1.29, 1.82) is 0 Å². The molecule has 1 aromatic heterocycles. The van der Waals surface area contributed by atoms with Gasteiger partial charge in [-0.15, -0.1) is 0 Å². The molecule has 0 amide bonds. The highest BCUT2D eigenvalue weighted by Crippen LogP contribution is 2.20. The monoisotopic (exact) mass is 275 g/mol. The molecule has 1 N–H and O–H groups in total. The summed E-state index contributed by atoms with van der Waals surface area (Å²) in [4.78, 5) is 8.67. The third-order valence-corrected chi connectivity index (χ3v) is 2.95. The lowest BCUT2D eigenvalue weighted by Crippen LogP contribution is -2.18. The van der Waals surface area contributed by atoms with Gasteiger partial charge in [0.15, 0.2) is 5.82 Å². The Morgan fingerprint density at radius 2 is 2.00 bits per heavy atom. The second-order valence-electron chi connectivity index (χ2n) is 4.54. The number of nitrogens with one attached hydrogen (secondary N) is 1. The van der Waals surface area contributed by atoms with Crippen molar-refractivity contribution in [3.05, 3.63) is 47.5 Å². The van der Waals surface area contributed by atoms with Gasteiger partial charge in [-0.1, -0.05) is 0 Å². The molecule has 1 heterocycles. The molecule has 0 spiro atoms. The van der Waals surface area contributed by atoms with Crippen molar-refractivity contribution in [2.75, 3.05) is 20.3 Å². The minimum atomic E-state index is -0.245. The smallest absolute Gasteiger partial charge is 0.159 e. The van der Waals surface area contributed by atoms with E-state index in [-0.39, 0.29) is 5.82 Å². The summed E-state index contributed by atoms with van der Waals surface area (Å²) in [6, 6.07) is 4.61. The van der Waals surface area contributed by atoms with E-state index < -0.39 is 0 Å². The van der Waals surface area contributed by atoms with E-state index in [4.69, 9.17) is 4.74 Å². The normalized spacial score (nSPS) is 10.8. The zero-order valence-corrected chi connectivity index (χ0v) is 11.7. The molecule has 20 heavy (non-hydrogen) atoms. The van der Waals surface area contributed by atoms with E-state index in [2.05, 4.69) is 15.3 Å². The Kier molecular flexibility index (Phi) is 5.15. The van der Waals surface area contributed by atoms with Gasteiger partial charge in [0.2, 0.25) is 0 Å². The summed E-state index contributed by atoms with van der Waals surface area (Å²) in [6.07, 6.45) is 3.57. The number of rotatable bonds is 6. The van der Waals surface area contributed by atoms with E-state index >= 15 is 0 Å². The quantitative estimate of drug-likeness (QED) is 0.822. The first-order valence-corrected chi connectivity index (χ1v) is 6.48. The van der Waals surface area contributed by atoms with E-state index in [0.29, 0.717) is 19.0 Å². The molecule has 0 unspecified atom stereocenters. The summed E-state index contributed by atoms with van der Waals surface area (Å²) in [7, 11) is 1.67. The number of methoxy groups -OCH3 is 1. The van der Waals surface area contributed by atoms with Crippen LogP contribution in [0.3, 0.4) is 0 Å². The predicted molar refractivity (Wildman–Crippen MR) is 75.7 cm³/mol. The van der Waals surface area contributed by atoms with Crippen molar-refractivity contribution >= 4 is 0 Å². The van der Waals surface area contributed by atoms with E-state index in [1.165, 1.54) is 12.1 Å². The topological polar surface area (TPSA) is 47.0 Å². The molecule has 0 saturated carbocycles. The first-order chi connectivity index (χ1) is 9.70. The van der Waals surface area contributed by atoms with Crippen LogP contribution in [0.1, 0.15) is 11.1 Å². The zero-order chi connectivity index (χ0) is 14.4. The maximum absolute atomic E-state index is 13.1. The molecule has 5 heteroatoms. The van der Waals surface area contributed by atoms with Crippen molar-refractivity contribution in [1.82, 2.24) is 15.3 Å². The third-order valence-electron chi connectivity index (χ3n) is 2.95. The van der Waals surface area contributed by atoms with Crippen molar-refractivity contribution in [3.63, 3.8) is 0 Å². The Labute approximate surface area is 118 Å². The maximum atomic E-state index is 13.1. The van der Waals surface area contributed by atoms with Gasteiger partial charge >= 0.3 is 0 Å². The Bertz CT molecular complexity index is 558. The van der Waals surface area contributed by atoms with Crippen LogP contribution in [-0.2, 0) is 11.3 Å². The van der Waals surface area contributed by atoms with Gasteiger partial charge in [-0.05, 0) is 30.7 Å². The largest absolute Gasteiger partial charge is 0.383 e. The highest BCUT2D eigenvalue weighted by molar-refractivity contribution is 5.59. The number of hydrogen-bond donors (Lipinski definition) is 1. The molecular weight excluding hydrogens is 257 g/mol. The molecule has 0 saturated heterocycles. The van der Waals surface area contributed by atoms with Gasteiger partial charge in [0.05, 0.1) is 6.61 Å². The molecule has 0 aliphatic heterocycles. The fourth-order valence-electron chi connectivity index (χ4n) is 1.87. The SMILES string of the molecule is COCCNCc1cnc(-c2ccc(F)cc2C)nc1. The first-order valence-electron chi connectivity index (χ1n) is 6.48. The second kappa shape index (κ2) is 7.07. The van der Waals surface area contributed by atoms with Crippen LogP contribution in [0.2, 0.25) is 0 Å². The molecule has 0 fully saturated rings. The Morgan fingerprint density at radius 3 is 2.65 bits per heavy atom. The number of hydrogen-bond acceptors (Lipinski definition) is 4. The minimum absolute atomic E-state index is 0.245. The highest BCUT2D eigenvalue weighted by Gasteiger charge is 2.06. The van der Waals surface area contributed by atoms with Crippen molar-refractivity contribution in [2.45, 2.75) is 13.5 Å². The molecule has 106 valence electrons. The van der Waals surface area contributed by atoms with Gasteiger partial charge in [-0.25, -0.2) is 14.4 Å². The van der Waals surface area contributed by atoms with Crippen LogP contribution in [0.25, 0.3) is 11.4 Å². The van der Waals surface area contributed by atoms with Gasteiger partial charge in [0.1, 0.15) is 5.82 Å². The Hall–Kier alpha value is -1.85. The first kappa shape index (κ1) is 14.6. The molecule has 4 nitrogen and oxygen atoms in total. The molecule has 2 aromatic rings. The molecule has 0 atom stereocenters. The van der Waals surface area contributed by atoms with Crippen LogP contribution >= 0.6 is 0 Å². The minimum Gasteiger partial charge on any atom is -0.383 e. The van der Waals surface area contributed by atoms with Gasteiger partial charge in [0, 0.05) is 43.7 Å². The summed E-state index contributed by atoms with van der Waals surface area (Å²) in [5, 5.41) is 3.23. The van der Waals surface area contributed by atoms with Crippen LogP contribution in [0, 0.1) is 12.7 Å². The van der Waals surface area contributed by atoms with Crippen molar-refractivity contribution < 1.29 is 9.13 Å². The molecule has 0 aliphatic rings. The standard InChI is InChI=1S/C15H18FN3O/c1-11-7-13(16)3-4-14(11)15-18-9-12(10-19-15)8-17-5-6-20-2/h3-4,7,9-10,17H,5-6,8H2,1-2H3. The lowest BCUT2D eigenvalue weighted by molar-refractivity contribution is 0.199. The average molecular weight is 275 g/mol. The Morgan fingerprint density at radius 1 is 1.25 bits per heavy atom. The summed E-state index contributed by atoms with van der Waals surface area (Å²) >= 11 is 0. The lowest BCUT2D eigenvalue weighted by Gasteiger charge is -2.06. The van der Waals surface area contributed by atoms with Crippen LogP contribution in [-0.4, -0.2) is 30.2 Å². The summed E-state index contributed by atoms with van der Waals surface area (Å²) in [6.45, 7) is 4.01. The van der Waals surface area contributed by atoms with Gasteiger partial charge in [0.25, 0.3) is 0 Å². The van der Waals surface area contributed by atoms with Gasteiger partial charge in [-0.2, -0.15) is 0 Å². The van der Waals surface area contributed by atoms with Crippen molar-refractivity contribution in [3.8, 4) is 11.4 Å². The van der Waals surface area contributed by atoms with Crippen LogP contribution < -0.4 is 5.32 Å². The van der Waals surface area contributed by atoms with Crippen molar-refractivity contribution in [2.24, 2.45) is 0 Å². The number of ether oxygens (including phenoxy) is 1. The summed E-state index contributed by atoms with van der Waals surface area (Å²) in [5.41, 5.74) is 2.69. The van der Waals surface area contributed by atoms with E-state index in [1.807, 2.05) is 6.92 Å². The number of aromatic nitrogens is 2. The van der Waals surface area contributed by atoms with E-state index in [1.54, 1.807) is 25.6 Å². The zero-order valence-electron chi connectivity index (χ0n) is 11.7. The number of nitrogens with zero attached hydrogens (tertiary/aromatic N) is 2. The van der Waals surface area contributed by atoms with Gasteiger partial charge < -0.3 is 10.1 Å². The summed E-state index contributed by atoms with van der Waals surface area (Å²) in [5.74, 6) is 0.369. The summed E-state index contributed by atoms with van der Waals surface area (Å²) < 4.78 is 18.0. The number of aryl methyl sites for hydroxylation is 1. The second-order valence-corrected chi connectivity index (χ2v) is 4.54. The molecular formula is C15H18FN3O. The molecule has 0 aliphatic carbocycles. The van der Waals surface area contributed by atoms with Crippen LogP contribution in [0.4, 0.5) is 4.39 Å². The van der Waals surface area contributed by atoms with Gasteiger partial charge in [-0.3, -0.25) is 0 Å². The van der Waals surface area contributed by atoms with Crippen LogP contribution in [0.15, 0.2) is 30.6 Å². The Balaban J connectivity index is 2.04. The number of halogens is 1. The highest BCUT2D eigenvalue weighted by atomic mass is 19.1. The maximum Gasteiger partial charge on any atom is 0.159 e. The number of benzene rings is 1. The molecule has 2 rings (SSSR count). The third kappa shape index (κ3) is 3.82. The average Bonchev–Trinajstić information content (AvgIpc) is 2.45. The fourth-order valence-corrected chi connectivity index (χ4v) is 1.87. The van der Waals surface area contributed by atoms with Crippen LogP contribution in [0.5, 0.6) is 0 Å². The molecule has 0 bridgehead atoms. The fraction of sp³-hybridized carbons (Fsp3) is 0.333. The molecule has 0 radical (unpaired) electrons. The van der Waals surface area contributed by atoms with E-state index in [9.17, 15) is 4.39 Å². The van der Waals surface area contributed by atoms with E-state index in [0.717, 1.165) is 23.2 Å². The predicted octanol–water partition coefficient (Wildman–Crippen LogP) is 2.33. The molecule has 1 aromatic carbocycles.